The Morgan fingerprint density at radius 1 is 0.900 bits per heavy atom. The number of aromatic hydroxyl groups is 3. The normalized spacial score (nSPS) is 43.2. The molecule has 3 aromatic carbocycles. The van der Waals surface area contributed by atoms with E-state index in [2.05, 4.69) is 53.6 Å². The molecule has 4 saturated carbocycles. The van der Waals surface area contributed by atoms with Crippen LogP contribution in [0.1, 0.15) is 104 Å². The molecule has 8 bridgehead atoms. The molecule has 13 atom stereocenters. The number of phenols is 3. The number of aliphatic hydroxyl groups is 2. The van der Waals surface area contributed by atoms with Gasteiger partial charge in [0.15, 0.2) is 23.0 Å². The van der Waals surface area contributed by atoms with Crippen LogP contribution in [0.2, 0.25) is 0 Å². The van der Waals surface area contributed by atoms with Gasteiger partial charge in [0, 0.05) is 59.4 Å². The second kappa shape index (κ2) is 12.3. The Kier molecular flexibility index (Phi) is 7.63. The van der Waals surface area contributed by atoms with Crippen LogP contribution >= 0.6 is 0 Å². The van der Waals surface area contributed by atoms with Gasteiger partial charge in [-0.3, -0.25) is 4.79 Å². The van der Waals surface area contributed by atoms with E-state index in [-0.39, 0.29) is 82.7 Å². The molecule has 3 aromatic rings. The van der Waals surface area contributed by atoms with Gasteiger partial charge in [-0.05, 0) is 132 Å². The molecule has 1 saturated heterocycles. The standard InChI is InChI=1S/C52H55NO7/c1-60-45-22-38(33(28-54)19-44(45)58)37-20-36(55)25-49(59)24-35-12-15-50-26-41-39-21-42(56)43(57)23-40(39)52(50)46(49)32(10-9-31(37)18-30-6-3-2-4-7-30)27-53-51(35,52)17-16-47(50)14-11-34-8-5-13-48(34,41)29-47/h2-4,6-7,11-12,14-15,19,21-23,31-32,34-35,37,41,46,53-54,56-59H,5,8,13,16-18,20,24-29H2,1H3/t31-,32+,34-,35+,37+,41+,46-,47+,48-,49+,50+,51+,52+/m1/s1. The molecule has 9 aliphatic rings. The van der Waals surface area contributed by atoms with E-state index in [1.165, 1.54) is 26.0 Å². The van der Waals surface area contributed by atoms with Crippen molar-refractivity contribution in [3.05, 3.63) is 107 Å². The number of ketones is 1. The Morgan fingerprint density at radius 3 is 2.53 bits per heavy atom. The summed E-state index contributed by atoms with van der Waals surface area (Å²) in [5, 5.41) is 62.6. The number of benzene rings is 3. The van der Waals surface area contributed by atoms with E-state index in [0.29, 0.717) is 36.4 Å². The molecule has 8 nitrogen and oxygen atoms in total. The summed E-state index contributed by atoms with van der Waals surface area (Å²) in [6, 6.07) is 17.2. The average Bonchev–Trinajstić information content (AvgIpc) is 3.66. The average molecular weight is 806 g/mol. The summed E-state index contributed by atoms with van der Waals surface area (Å²) in [5.41, 5.74) is 1.37. The van der Waals surface area contributed by atoms with Crippen LogP contribution in [0.25, 0.3) is 0 Å². The Hall–Kier alpha value is -4.55. The number of hydrogen-bond acceptors (Lipinski definition) is 8. The number of allylic oxidation sites excluding steroid dienone is 3. The summed E-state index contributed by atoms with van der Waals surface area (Å²) in [6.07, 6.45) is 18.6. The lowest BCUT2D eigenvalue weighted by Crippen LogP contribution is -2.89. The third-order valence-corrected chi connectivity index (χ3v) is 18.7. The lowest BCUT2D eigenvalue weighted by Gasteiger charge is -2.85. The second-order valence-electron chi connectivity index (χ2n) is 20.6. The summed E-state index contributed by atoms with van der Waals surface area (Å²) in [4.78, 5) is 15.2. The predicted octanol–water partition coefficient (Wildman–Crippen LogP) is 7.46. The predicted molar refractivity (Wildman–Crippen MR) is 225 cm³/mol. The highest BCUT2D eigenvalue weighted by atomic mass is 16.5. The molecule has 8 aliphatic carbocycles. The zero-order chi connectivity index (χ0) is 41.0. The van der Waals surface area contributed by atoms with Crippen LogP contribution in [-0.4, -0.2) is 56.1 Å². The first-order chi connectivity index (χ1) is 29.0. The lowest BCUT2D eigenvalue weighted by molar-refractivity contribution is -0.275. The van der Waals surface area contributed by atoms with Crippen molar-refractivity contribution < 1.29 is 35.1 Å². The smallest absolute Gasteiger partial charge is 0.160 e. The van der Waals surface area contributed by atoms with Gasteiger partial charge in [-0.15, -0.1) is 0 Å². The van der Waals surface area contributed by atoms with Gasteiger partial charge < -0.3 is 35.6 Å². The van der Waals surface area contributed by atoms with Crippen molar-refractivity contribution >= 4 is 5.78 Å². The van der Waals surface area contributed by atoms with Gasteiger partial charge in [-0.2, -0.15) is 0 Å². The number of fused-ring (bicyclic) bond motifs is 3. The Bertz CT molecular complexity index is 2490. The van der Waals surface area contributed by atoms with Crippen LogP contribution in [0, 0.1) is 57.7 Å². The molecule has 0 aromatic heterocycles. The number of nitrogens with one attached hydrogen (secondary N) is 1. The van der Waals surface area contributed by atoms with Crippen molar-refractivity contribution in [3.8, 4) is 34.8 Å². The molecule has 12 rings (SSSR count). The highest BCUT2D eigenvalue weighted by Gasteiger charge is 2.86. The molecule has 60 heavy (non-hydrogen) atoms. The first-order valence-electron chi connectivity index (χ1n) is 22.5. The zero-order valence-electron chi connectivity index (χ0n) is 34.3. The highest BCUT2D eigenvalue weighted by molar-refractivity contribution is 5.81. The third-order valence-electron chi connectivity index (χ3n) is 18.7. The van der Waals surface area contributed by atoms with Gasteiger partial charge in [-0.25, -0.2) is 0 Å². The molecular formula is C52H55NO7. The quantitative estimate of drug-likeness (QED) is 0.0889. The maximum atomic E-state index is 15.2. The second-order valence-corrected chi connectivity index (χ2v) is 20.6. The third kappa shape index (κ3) is 4.32. The minimum Gasteiger partial charge on any atom is -0.504 e. The molecule has 0 radical (unpaired) electrons. The molecule has 5 fully saturated rings. The Balaban J connectivity index is 1.12. The first-order valence-corrected chi connectivity index (χ1v) is 22.5. The molecule has 310 valence electrons. The van der Waals surface area contributed by atoms with Crippen LogP contribution in [0.15, 0.2) is 78.9 Å². The van der Waals surface area contributed by atoms with Gasteiger partial charge in [0.2, 0.25) is 0 Å². The number of rotatable bonds is 5. The minimum atomic E-state index is -1.42. The Labute approximate surface area is 351 Å². The summed E-state index contributed by atoms with van der Waals surface area (Å²) in [7, 11) is 1.50. The van der Waals surface area contributed by atoms with E-state index in [4.69, 9.17) is 4.74 Å². The number of aliphatic hydroxyl groups excluding tert-OH is 1. The molecule has 1 aliphatic heterocycles. The van der Waals surface area contributed by atoms with Crippen molar-refractivity contribution in [2.75, 3.05) is 13.7 Å². The maximum Gasteiger partial charge on any atom is 0.160 e. The van der Waals surface area contributed by atoms with Crippen LogP contribution in [-0.2, 0) is 23.2 Å². The SMILES string of the molecule is COc1cc([C@H]2CC(=O)C[C@@]3(O)C[C@@H]4C=C[C@@]56C[C@H]7c8cc(O)c(O)cc8[C@]58[C@@H]3[C@@H](C#C[C@@H]2Cc2ccccc2)CN[C@@]48CC[C@]62C=C[C@H]3CCC[C@@]37C2)c(CO)cc1O. The first kappa shape index (κ1) is 37.2. The summed E-state index contributed by atoms with van der Waals surface area (Å²) >= 11 is 0. The van der Waals surface area contributed by atoms with Crippen molar-refractivity contribution in [3.63, 3.8) is 0 Å². The van der Waals surface area contributed by atoms with Crippen molar-refractivity contribution in [2.24, 2.45) is 45.8 Å². The minimum absolute atomic E-state index is 0.0377. The highest BCUT2D eigenvalue weighted by Crippen LogP contribution is 2.87. The fourth-order valence-corrected chi connectivity index (χ4v) is 17.0. The topological polar surface area (TPSA) is 139 Å². The van der Waals surface area contributed by atoms with Crippen LogP contribution in [0.5, 0.6) is 23.0 Å². The molecule has 8 heteroatoms. The van der Waals surface area contributed by atoms with Gasteiger partial charge in [0.1, 0.15) is 5.78 Å². The molecule has 0 amide bonds. The van der Waals surface area contributed by atoms with Crippen molar-refractivity contribution in [1.82, 2.24) is 5.32 Å². The van der Waals surface area contributed by atoms with Gasteiger partial charge in [0.25, 0.3) is 0 Å². The molecule has 1 heterocycles. The summed E-state index contributed by atoms with van der Waals surface area (Å²) in [6.45, 7) is 0.231. The maximum absolute atomic E-state index is 15.2. The van der Waals surface area contributed by atoms with Gasteiger partial charge in [0.05, 0.1) is 19.3 Å². The number of carbonyl (C=O) groups excluding carboxylic acids is 1. The molecular weight excluding hydrogens is 751 g/mol. The zero-order valence-corrected chi connectivity index (χ0v) is 34.3. The largest absolute Gasteiger partial charge is 0.504 e. The van der Waals surface area contributed by atoms with E-state index in [1.807, 2.05) is 30.3 Å². The van der Waals surface area contributed by atoms with E-state index in [1.54, 1.807) is 6.07 Å². The van der Waals surface area contributed by atoms with E-state index >= 15 is 4.79 Å². The number of ether oxygens (including phenoxy) is 1. The molecule has 6 N–H and O–H groups in total. The number of phenolic OH excluding ortho intramolecular Hbond substituents is 3. The fourth-order valence-electron chi connectivity index (χ4n) is 17.0. The number of carbonyl (C=O) groups is 1. The fraction of sp³-hybridized carbons (Fsp3) is 0.519. The number of Topliss-reactive ketones (excluding diaryl/α,β-unsaturated/α-hetero) is 1. The van der Waals surface area contributed by atoms with Gasteiger partial charge >= 0.3 is 0 Å². The van der Waals surface area contributed by atoms with Crippen molar-refractivity contribution in [1.29, 1.82) is 0 Å². The summed E-state index contributed by atoms with van der Waals surface area (Å²) < 4.78 is 5.58. The summed E-state index contributed by atoms with van der Waals surface area (Å²) in [5.74, 6) is 6.61. The van der Waals surface area contributed by atoms with E-state index < -0.39 is 33.8 Å². The number of hydrogen-bond donors (Lipinski definition) is 6. The van der Waals surface area contributed by atoms with Gasteiger partial charge in [-0.1, -0.05) is 72.9 Å². The molecule has 0 unspecified atom stereocenters. The van der Waals surface area contributed by atoms with E-state index in [9.17, 15) is 25.5 Å². The van der Waals surface area contributed by atoms with E-state index in [0.717, 1.165) is 48.8 Å². The van der Waals surface area contributed by atoms with Crippen molar-refractivity contribution in [2.45, 2.75) is 106 Å². The lowest BCUT2D eigenvalue weighted by atomic mass is 9.20. The van der Waals surface area contributed by atoms with Crippen LogP contribution < -0.4 is 10.1 Å². The molecule has 4 spiro atoms. The Morgan fingerprint density at radius 2 is 1.72 bits per heavy atom. The monoisotopic (exact) mass is 805 g/mol. The van der Waals surface area contributed by atoms with Crippen LogP contribution in [0.4, 0.5) is 0 Å². The van der Waals surface area contributed by atoms with Crippen LogP contribution in [0.3, 0.4) is 0 Å². The number of methoxy groups -OCH3 is 1. The number of piperidine rings is 1.